The molecule has 1 aliphatic heterocycles. The molecule has 3 heteroatoms. The lowest BCUT2D eigenvalue weighted by atomic mass is 9.87. The number of benzene rings is 3. The van der Waals surface area contributed by atoms with Crippen molar-refractivity contribution in [2.24, 2.45) is 0 Å². The van der Waals surface area contributed by atoms with Crippen LogP contribution in [-0.2, 0) is 12.8 Å². The molecule has 0 N–H and O–H groups in total. The standard InChI is InChI=1S/C31H39N3/c1-2-18-33(31-17-14-27-10-6-7-11-29(27)25-31)22-19-32-20-23-34(24-21-32)30-15-12-28(13-16-30)26-8-4-3-5-9-26/h3-13,15-16,31H,2,14,17-25H2,1H3. The molecular weight excluding hydrogens is 414 g/mol. The fourth-order valence-electron chi connectivity index (χ4n) is 5.75. The van der Waals surface area contributed by atoms with Crippen LogP contribution in [0, 0.1) is 0 Å². The molecule has 2 aliphatic rings. The third kappa shape index (κ3) is 5.54. The Labute approximate surface area is 206 Å². The van der Waals surface area contributed by atoms with Crippen LogP contribution in [0.15, 0.2) is 78.9 Å². The number of hydrogen-bond donors (Lipinski definition) is 0. The highest BCUT2D eigenvalue weighted by Crippen LogP contribution is 2.26. The molecule has 1 heterocycles. The molecule has 0 saturated carbocycles. The van der Waals surface area contributed by atoms with Gasteiger partial charge in [0.15, 0.2) is 0 Å². The van der Waals surface area contributed by atoms with E-state index in [1.54, 1.807) is 11.1 Å². The van der Waals surface area contributed by atoms with E-state index in [0.717, 1.165) is 26.2 Å². The molecule has 0 amide bonds. The van der Waals surface area contributed by atoms with E-state index in [1.807, 2.05) is 0 Å². The highest BCUT2D eigenvalue weighted by Gasteiger charge is 2.25. The summed E-state index contributed by atoms with van der Waals surface area (Å²) in [7, 11) is 0. The predicted octanol–water partition coefficient (Wildman–Crippen LogP) is 5.75. The maximum Gasteiger partial charge on any atom is 0.0367 e. The van der Waals surface area contributed by atoms with Crippen LogP contribution in [0.4, 0.5) is 5.69 Å². The SMILES string of the molecule is CCCN(CCN1CCN(c2ccc(-c3ccccc3)cc2)CC1)C1CCc2ccccc2C1. The van der Waals surface area contributed by atoms with Gasteiger partial charge in [-0.2, -0.15) is 0 Å². The monoisotopic (exact) mass is 453 g/mol. The molecule has 34 heavy (non-hydrogen) atoms. The Balaban J connectivity index is 1.12. The summed E-state index contributed by atoms with van der Waals surface area (Å²) < 4.78 is 0. The average molecular weight is 454 g/mol. The van der Waals surface area contributed by atoms with Crippen molar-refractivity contribution >= 4 is 5.69 Å². The zero-order chi connectivity index (χ0) is 23.2. The molecule has 0 bridgehead atoms. The molecular formula is C31H39N3. The lowest BCUT2D eigenvalue weighted by Crippen LogP contribution is -2.50. The van der Waals surface area contributed by atoms with Crippen molar-refractivity contribution in [2.75, 3.05) is 50.7 Å². The van der Waals surface area contributed by atoms with Gasteiger partial charge in [0.1, 0.15) is 0 Å². The van der Waals surface area contributed by atoms with Gasteiger partial charge in [0, 0.05) is 51.0 Å². The van der Waals surface area contributed by atoms with E-state index in [2.05, 4.69) is 100 Å². The lowest BCUT2D eigenvalue weighted by Gasteiger charge is -2.39. The van der Waals surface area contributed by atoms with Crippen LogP contribution in [0.5, 0.6) is 0 Å². The minimum atomic E-state index is 0.708. The number of rotatable bonds is 8. The van der Waals surface area contributed by atoms with Gasteiger partial charge in [0.05, 0.1) is 0 Å². The third-order valence-corrected chi connectivity index (χ3v) is 7.76. The first-order chi connectivity index (χ1) is 16.8. The summed E-state index contributed by atoms with van der Waals surface area (Å²) in [6.07, 6.45) is 5.01. The van der Waals surface area contributed by atoms with Gasteiger partial charge in [0.25, 0.3) is 0 Å². The van der Waals surface area contributed by atoms with Gasteiger partial charge in [-0.1, -0.05) is 73.7 Å². The van der Waals surface area contributed by atoms with Gasteiger partial charge >= 0.3 is 0 Å². The van der Waals surface area contributed by atoms with Crippen LogP contribution in [0.1, 0.15) is 30.9 Å². The summed E-state index contributed by atoms with van der Waals surface area (Å²) in [6.45, 7) is 10.5. The van der Waals surface area contributed by atoms with Crippen LogP contribution < -0.4 is 4.90 Å². The van der Waals surface area contributed by atoms with Crippen molar-refractivity contribution < 1.29 is 0 Å². The summed E-state index contributed by atoms with van der Waals surface area (Å²) in [6, 6.07) is 29.6. The van der Waals surface area contributed by atoms with Gasteiger partial charge in [0.2, 0.25) is 0 Å². The first-order valence-corrected chi connectivity index (χ1v) is 13.2. The second-order valence-electron chi connectivity index (χ2n) is 9.94. The molecule has 3 aromatic rings. The van der Waals surface area contributed by atoms with E-state index < -0.39 is 0 Å². The van der Waals surface area contributed by atoms with Crippen LogP contribution in [0.25, 0.3) is 11.1 Å². The maximum atomic E-state index is 2.78. The van der Waals surface area contributed by atoms with Crippen LogP contribution >= 0.6 is 0 Å². The van der Waals surface area contributed by atoms with Crippen molar-refractivity contribution in [1.29, 1.82) is 0 Å². The molecule has 0 radical (unpaired) electrons. The Bertz CT molecular complexity index is 1020. The third-order valence-electron chi connectivity index (χ3n) is 7.76. The number of anilines is 1. The van der Waals surface area contributed by atoms with E-state index in [4.69, 9.17) is 0 Å². The molecule has 178 valence electrons. The van der Waals surface area contributed by atoms with Crippen molar-refractivity contribution in [3.05, 3.63) is 90.0 Å². The largest absolute Gasteiger partial charge is 0.369 e. The van der Waals surface area contributed by atoms with Crippen LogP contribution in [0.2, 0.25) is 0 Å². The summed E-state index contributed by atoms with van der Waals surface area (Å²) >= 11 is 0. The van der Waals surface area contributed by atoms with E-state index >= 15 is 0 Å². The second-order valence-corrected chi connectivity index (χ2v) is 9.94. The van der Waals surface area contributed by atoms with E-state index in [0.29, 0.717) is 6.04 Å². The van der Waals surface area contributed by atoms with Crippen LogP contribution in [-0.4, -0.2) is 61.7 Å². The van der Waals surface area contributed by atoms with E-state index in [9.17, 15) is 0 Å². The number of aryl methyl sites for hydroxylation is 1. The Morgan fingerprint density at radius 2 is 1.41 bits per heavy atom. The Morgan fingerprint density at radius 3 is 2.15 bits per heavy atom. The molecule has 0 aromatic heterocycles. The van der Waals surface area contributed by atoms with Gasteiger partial charge in [-0.25, -0.2) is 0 Å². The molecule has 1 atom stereocenters. The quantitative estimate of drug-likeness (QED) is 0.430. The molecule has 5 rings (SSSR count). The first kappa shape index (κ1) is 23.1. The minimum Gasteiger partial charge on any atom is -0.369 e. The van der Waals surface area contributed by atoms with Crippen molar-refractivity contribution in [3.63, 3.8) is 0 Å². The number of fused-ring (bicyclic) bond motifs is 1. The highest BCUT2D eigenvalue weighted by atomic mass is 15.3. The molecule has 3 nitrogen and oxygen atoms in total. The topological polar surface area (TPSA) is 9.72 Å². The lowest BCUT2D eigenvalue weighted by molar-refractivity contribution is 0.145. The number of piperazine rings is 1. The number of hydrogen-bond acceptors (Lipinski definition) is 3. The molecule has 1 aliphatic carbocycles. The Kier molecular flexibility index (Phi) is 7.62. The summed E-state index contributed by atoms with van der Waals surface area (Å²) in [5.41, 5.74) is 7.09. The van der Waals surface area contributed by atoms with Crippen LogP contribution in [0.3, 0.4) is 0 Å². The molecule has 1 unspecified atom stereocenters. The van der Waals surface area contributed by atoms with Crippen molar-refractivity contribution in [1.82, 2.24) is 9.80 Å². The fraction of sp³-hybridized carbons (Fsp3) is 0.419. The molecule has 1 fully saturated rings. The fourth-order valence-corrected chi connectivity index (χ4v) is 5.75. The Morgan fingerprint density at radius 1 is 0.735 bits per heavy atom. The van der Waals surface area contributed by atoms with Crippen molar-refractivity contribution in [2.45, 2.75) is 38.6 Å². The predicted molar refractivity (Wildman–Crippen MR) is 145 cm³/mol. The highest BCUT2D eigenvalue weighted by molar-refractivity contribution is 5.66. The second kappa shape index (κ2) is 11.2. The molecule has 0 spiro atoms. The Hall–Kier alpha value is -2.62. The van der Waals surface area contributed by atoms with Gasteiger partial charge in [-0.15, -0.1) is 0 Å². The average Bonchev–Trinajstić information content (AvgIpc) is 2.92. The van der Waals surface area contributed by atoms with E-state index in [-0.39, 0.29) is 0 Å². The van der Waals surface area contributed by atoms with E-state index in [1.165, 1.54) is 62.1 Å². The van der Waals surface area contributed by atoms with Crippen molar-refractivity contribution in [3.8, 4) is 11.1 Å². The summed E-state index contributed by atoms with van der Waals surface area (Å²) in [4.78, 5) is 8.01. The van der Waals surface area contributed by atoms with Gasteiger partial charge in [-0.05, 0) is 66.6 Å². The zero-order valence-electron chi connectivity index (χ0n) is 20.7. The maximum absolute atomic E-state index is 2.78. The minimum absolute atomic E-state index is 0.708. The first-order valence-electron chi connectivity index (χ1n) is 13.2. The zero-order valence-corrected chi connectivity index (χ0v) is 20.7. The molecule has 1 saturated heterocycles. The van der Waals surface area contributed by atoms with Gasteiger partial charge in [-0.3, -0.25) is 9.80 Å². The van der Waals surface area contributed by atoms with Gasteiger partial charge < -0.3 is 4.90 Å². The molecule has 3 aromatic carbocycles. The normalized spacial score (nSPS) is 18.8. The summed E-state index contributed by atoms with van der Waals surface area (Å²) in [5, 5.41) is 0. The number of nitrogens with zero attached hydrogens (tertiary/aromatic N) is 3. The smallest absolute Gasteiger partial charge is 0.0367 e. The summed E-state index contributed by atoms with van der Waals surface area (Å²) in [5.74, 6) is 0.